The third-order valence-corrected chi connectivity index (χ3v) is 5.27. The zero-order valence-corrected chi connectivity index (χ0v) is 16.6. The maximum absolute atomic E-state index is 12.9. The van der Waals surface area contributed by atoms with Gasteiger partial charge in [0.15, 0.2) is 0 Å². The molecule has 1 saturated carbocycles. The lowest BCUT2D eigenvalue weighted by Gasteiger charge is -2.32. The molecule has 26 heavy (non-hydrogen) atoms. The van der Waals surface area contributed by atoms with E-state index in [0.717, 1.165) is 24.8 Å². The van der Waals surface area contributed by atoms with E-state index in [4.69, 9.17) is 0 Å². The van der Waals surface area contributed by atoms with Crippen molar-refractivity contribution in [3.63, 3.8) is 0 Å². The van der Waals surface area contributed by atoms with Gasteiger partial charge in [0, 0.05) is 19.0 Å². The Bertz CT molecular complexity index is 576. The normalized spacial score (nSPS) is 16.1. The van der Waals surface area contributed by atoms with E-state index in [9.17, 15) is 9.59 Å². The lowest BCUT2D eigenvalue weighted by molar-refractivity contribution is -0.141. The van der Waals surface area contributed by atoms with Gasteiger partial charge in [0.05, 0.1) is 0 Å². The number of hydrogen-bond acceptors (Lipinski definition) is 2. The molecule has 1 atom stereocenters. The Hall–Kier alpha value is -1.84. The fourth-order valence-corrected chi connectivity index (χ4v) is 3.71. The quantitative estimate of drug-likeness (QED) is 0.751. The van der Waals surface area contributed by atoms with E-state index >= 15 is 0 Å². The average Bonchev–Trinajstić information content (AvgIpc) is 2.64. The molecule has 0 spiro atoms. The molecule has 1 N–H and O–H groups in total. The molecule has 0 aromatic heterocycles. The van der Waals surface area contributed by atoms with Crippen molar-refractivity contribution in [3.05, 3.63) is 35.4 Å². The molecule has 4 nitrogen and oxygen atoms in total. The lowest BCUT2D eigenvalue weighted by Crippen LogP contribution is -2.51. The Morgan fingerprint density at radius 3 is 2.35 bits per heavy atom. The molecule has 1 aromatic rings. The summed E-state index contributed by atoms with van der Waals surface area (Å²) in [6, 6.07) is 8.09. The first-order valence-corrected chi connectivity index (χ1v) is 10.2. The number of benzene rings is 1. The maximum atomic E-state index is 12.9. The second kappa shape index (κ2) is 10.3. The highest BCUT2D eigenvalue weighted by Gasteiger charge is 2.29. The summed E-state index contributed by atoms with van der Waals surface area (Å²) in [5.74, 6) is 0.0784. The van der Waals surface area contributed by atoms with E-state index < -0.39 is 6.04 Å². The minimum absolute atomic E-state index is 0.0102. The predicted molar refractivity (Wildman–Crippen MR) is 106 cm³/mol. The summed E-state index contributed by atoms with van der Waals surface area (Å²) in [6.07, 6.45) is 7.67. The van der Waals surface area contributed by atoms with E-state index in [-0.39, 0.29) is 17.9 Å². The topological polar surface area (TPSA) is 49.4 Å². The lowest BCUT2D eigenvalue weighted by atomic mass is 9.95. The highest BCUT2D eigenvalue weighted by atomic mass is 16.2. The number of nitrogens with zero attached hydrogens (tertiary/aromatic N) is 1. The molecule has 0 unspecified atom stereocenters. The van der Waals surface area contributed by atoms with Crippen LogP contribution in [-0.4, -0.2) is 28.8 Å². The summed E-state index contributed by atoms with van der Waals surface area (Å²) in [5.41, 5.74) is 2.27. The van der Waals surface area contributed by atoms with Crippen molar-refractivity contribution in [2.24, 2.45) is 0 Å². The fourth-order valence-electron chi connectivity index (χ4n) is 3.71. The molecule has 1 fully saturated rings. The second-order valence-corrected chi connectivity index (χ2v) is 7.52. The van der Waals surface area contributed by atoms with E-state index in [2.05, 4.69) is 24.4 Å². The first kappa shape index (κ1) is 20.5. The Balaban J connectivity index is 2.12. The molecule has 2 rings (SSSR count). The first-order chi connectivity index (χ1) is 12.5. The number of carbonyl (C=O) groups is 2. The summed E-state index contributed by atoms with van der Waals surface area (Å²) >= 11 is 0. The molecule has 0 aliphatic heterocycles. The summed E-state index contributed by atoms with van der Waals surface area (Å²) in [4.78, 5) is 27.5. The largest absolute Gasteiger partial charge is 0.352 e. The summed E-state index contributed by atoms with van der Waals surface area (Å²) < 4.78 is 0. The van der Waals surface area contributed by atoms with Crippen LogP contribution >= 0.6 is 0 Å². The second-order valence-electron chi connectivity index (χ2n) is 7.52. The van der Waals surface area contributed by atoms with E-state index in [0.29, 0.717) is 19.4 Å². The predicted octanol–water partition coefficient (Wildman–Crippen LogP) is 4.35. The molecule has 1 aromatic carbocycles. The van der Waals surface area contributed by atoms with Gasteiger partial charge < -0.3 is 10.2 Å². The van der Waals surface area contributed by atoms with Gasteiger partial charge >= 0.3 is 0 Å². The van der Waals surface area contributed by atoms with Gasteiger partial charge in [0.2, 0.25) is 11.8 Å². The fraction of sp³-hybridized carbons (Fsp3) is 0.636. The molecule has 2 amide bonds. The van der Waals surface area contributed by atoms with Crippen molar-refractivity contribution in [2.75, 3.05) is 0 Å². The number of carbonyl (C=O) groups excluding carboxylic acids is 2. The van der Waals surface area contributed by atoms with Gasteiger partial charge in [-0.25, -0.2) is 0 Å². The van der Waals surface area contributed by atoms with Crippen LogP contribution in [0.25, 0.3) is 0 Å². The number of amides is 2. The monoisotopic (exact) mass is 358 g/mol. The molecule has 0 bridgehead atoms. The summed E-state index contributed by atoms with van der Waals surface area (Å²) in [5, 5.41) is 3.21. The maximum Gasteiger partial charge on any atom is 0.243 e. The zero-order valence-electron chi connectivity index (χ0n) is 16.6. The highest BCUT2D eigenvalue weighted by molar-refractivity contribution is 5.87. The molecule has 0 saturated heterocycles. The van der Waals surface area contributed by atoms with Crippen molar-refractivity contribution >= 4 is 11.8 Å². The molecule has 4 heteroatoms. The van der Waals surface area contributed by atoms with Crippen molar-refractivity contribution < 1.29 is 9.59 Å². The minimum atomic E-state index is -0.391. The summed E-state index contributed by atoms with van der Waals surface area (Å²) in [6.45, 7) is 6.55. The van der Waals surface area contributed by atoms with Crippen LogP contribution < -0.4 is 5.32 Å². The number of rotatable bonds is 8. The van der Waals surface area contributed by atoms with Gasteiger partial charge in [-0.2, -0.15) is 0 Å². The summed E-state index contributed by atoms with van der Waals surface area (Å²) in [7, 11) is 0. The van der Waals surface area contributed by atoms with Gasteiger partial charge in [-0.15, -0.1) is 0 Å². The number of hydrogen-bond donors (Lipinski definition) is 1. The SMILES string of the molecule is CCCC(=O)N(Cc1ccc(C)cc1)[C@@H](CC)C(=O)NC1CCCCC1. The zero-order chi connectivity index (χ0) is 18.9. The van der Waals surface area contributed by atoms with E-state index in [1.807, 2.05) is 26.0 Å². The van der Waals surface area contributed by atoms with Crippen LogP contribution in [0.5, 0.6) is 0 Å². The molecule has 1 aliphatic rings. The van der Waals surface area contributed by atoms with Crippen molar-refractivity contribution in [1.29, 1.82) is 0 Å². The van der Waals surface area contributed by atoms with Gasteiger partial charge in [0.1, 0.15) is 6.04 Å². The van der Waals surface area contributed by atoms with Gasteiger partial charge in [-0.05, 0) is 38.2 Å². The van der Waals surface area contributed by atoms with E-state index in [1.165, 1.54) is 24.8 Å². The standard InChI is InChI=1S/C22H34N2O2/c1-4-9-21(25)24(16-18-14-12-17(3)13-15-18)20(5-2)22(26)23-19-10-7-6-8-11-19/h12-15,19-20H,4-11,16H2,1-3H3,(H,23,26)/t20-/m0/s1. The molecular weight excluding hydrogens is 324 g/mol. The van der Waals surface area contributed by atoms with Gasteiger partial charge in [0.25, 0.3) is 0 Å². The minimum Gasteiger partial charge on any atom is -0.352 e. The van der Waals surface area contributed by atoms with Crippen molar-refractivity contribution in [3.8, 4) is 0 Å². The number of aryl methyl sites for hydroxylation is 1. The van der Waals surface area contributed by atoms with Crippen molar-refractivity contribution in [2.45, 2.75) is 90.8 Å². The Labute approximate surface area is 158 Å². The Morgan fingerprint density at radius 1 is 1.12 bits per heavy atom. The van der Waals surface area contributed by atoms with E-state index in [1.54, 1.807) is 4.90 Å². The average molecular weight is 359 g/mol. The highest BCUT2D eigenvalue weighted by Crippen LogP contribution is 2.19. The third kappa shape index (κ3) is 5.86. The van der Waals surface area contributed by atoms with Crippen molar-refractivity contribution in [1.82, 2.24) is 10.2 Å². The molecule has 0 heterocycles. The van der Waals surface area contributed by atoms with Crippen LogP contribution in [0, 0.1) is 6.92 Å². The molecule has 144 valence electrons. The van der Waals surface area contributed by atoms with Crippen LogP contribution in [0.15, 0.2) is 24.3 Å². The Morgan fingerprint density at radius 2 is 1.77 bits per heavy atom. The third-order valence-electron chi connectivity index (χ3n) is 5.27. The van der Waals surface area contributed by atoms with Crippen LogP contribution in [-0.2, 0) is 16.1 Å². The smallest absolute Gasteiger partial charge is 0.243 e. The Kier molecular flexibility index (Phi) is 8.14. The number of nitrogens with one attached hydrogen (secondary N) is 1. The molecule has 1 aliphatic carbocycles. The first-order valence-electron chi connectivity index (χ1n) is 10.2. The molecule has 0 radical (unpaired) electrons. The van der Waals surface area contributed by atoms with Crippen LogP contribution in [0.2, 0.25) is 0 Å². The molecular formula is C22H34N2O2. The van der Waals surface area contributed by atoms with Gasteiger partial charge in [-0.3, -0.25) is 9.59 Å². The van der Waals surface area contributed by atoms with Gasteiger partial charge in [-0.1, -0.05) is 62.9 Å². The van der Waals surface area contributed by atoms with Crippen LogP contribution in [0.1, 0.15) is 76.3 Å². The van der Waals surface area contributed by atoms with Crippen LogP contribution in [0.4, 0.5) is 0 Å². The van der Waals surface area contributed by atoms with Crippen LogP contribution in [0.3, 0.4) is 0 Å².